The molecule has 0 aliphatic carbocycles. The quantitative estimate of drug-likeness (QED) is 0.759. The first-order chi connectivity index (χ1) is 12.7. The molecule has 146 valence electrons. The third-order valence-electron chi connectivity index (χ3n) is 4.12. The van der Waals surface area contributed by atoms with Crippen molar-refractivity contribution in [1.29, 1.82) is 0 Å². The predicted octanol–water partition coefficient (Wildman–Crippen LogP) is 1.51. The van der Waals surface area contributed by atoms with E-state index in [-0.39, 0.29) is 24.9 Å². The minimum absolute atomic E-state index is 0.0227. The Morgan fingerprint density at radius 1 is 1.15 bits per heavy atom. The second kappa shape index (κ2) is 8.66. The maximum Gasteiger partial charge on any atom is 0.321 e. The minimum Gasteiger partial charge on any atom is -0.452 e. The number of imide groups is 1. The van der Waals surface area contributed by atoms with Gasteiger partial charge < -0.3 is 15.0 Å². The van der Waals surface area contributed by atoms with Gasteiger partial charge >= 0.3 is 12.0 Å². The van der Waals surface area contributed by atoms with Gasteiger partial charge in [0.25, 0.3) is 5.91 Å². The Morgan fingerprint density at radius 2 is 1.78 bits per heavy atom. The summed E-state index contributed by atoms with van der Waals surface area (Å²) in [7, 11) is 0. The van der Waals surface area contributed by atoms with E-state index in [2.05, 4.69) is 10.6 Å². The second-order valence-electron chi connectivity index (χ2n) is 6.94. The van der Waals surface area contributed by atoms with Crippen LogP contribution in [-0.4, -0.2) is 42.5 Å². The lowest BCUT2D eigenvalue weighted by Crippen LogP contribution is -2.47. The molecule has 8 nitrogen and oxygen atoms in total. The van der Waals surface area contributed by atoms with E-state index >= 15 is 0 Å². The number of amides is 4. The first kappa shape index (κ1) is 20.4. The van der Waals surface area contributed by atoms with Gasteiger partial charge in [0, 0.05) is 24.7 Å². The van der Waals surface area contributed by atoms with E-state index in [0.717, 1.165) is 11.3 Å². The molecule has 2 N–H and O–H groups in total. The summed E-state index contributed by atoms with van der Waals surface area (Å²) in [6, 6.07) is 6.65. The lowest BCUT2D eigenvalue weighted by Gasteiger charge is -2.18. The molecule has 1 aromatic rings. The van der Waals surface area contributed by atoms with Gasteiger partial charge in [-0.1, -0.05) is 17.7 Å². The Morgan fingerprint density at radius 3 is 2.37 bits per heavy atom. The summed E-state index contributed by atoms with van der Waals surface area (Å²) in [6.07, 6.45) is -1.12. The van der Waals surface area contributed by atoms with Crippen molar-refractivity contribution in [3.63, 3.8) is 0 Å². The molecule has 0 bridgehead atoms. The molecule has 1 fully saturated rings. The van der Waals surface area contributed by atoms with Crippen molar-refractivity contribution >= 4 is 29.5 Å². The normalized spacial score (nSPS) is 17.6. The Bertz CT molecular complexity index is 729. The Kier molecular flexibility index (Phi) is 6.55. The summed E-state index contributed by atoms with van der Waals surface area (Å²) in [5.74, 6) is -2.18. The minimum atomic E-state index is -1.14. The second-order valence-corrected chi connectivity index (χ2v) is 6.94. The van der Waals surface area contributed by atoms with Crippen LogP contribution in [0.15, 0.2) is 24.3 Å². The number of ether oxygens (including phenoxy) is 1. The highest BCUT2D eigenvalue weighted by Gasteiger charge is 2.37. The zero-order valence-corrected chi connectivity index (χ0v) is 15.9. The number of rotatable bonds is 5. The monoisotopic (exact) mass is 375 g/mol. The molecule has 1 saturated heterocycles. The smallest absolute Gasteiger partial charge is 0.321 e. The number of esters is 1. The van der Waals surface area contributed by atoms with Crippen molar-refractivity contribution in [2.75, 3.05) is 11.4 Å². The van der Waals surface area contributed by atoms with E-state index < -0.39 is 29.9 Å². The van der Waals surface area contributed by atoms with Gasteiger partial charge in [0.2, 0.25) is 5.91 Å². The number of hydrogen-bond donors (Lipinski definition) is 2. The first-order valence-corrected chi connectivity index (χ1v) is 8.86. The average Bonchev–Trinajstić information content (AvgIpc) is 2.96. The zero-order valence-electron chi connectivity index (χ0n) is 15.9. The van der Waals surface area contributed by atoms with Crippen molar-refractivity contribution in [2.45, 2.75) is 46.3 Å². The lowest BCUT2D eigenvalue weighted by atomic mass is 10.1. The maximum absolute atomic E-state index is 12.3. The van der Waals surface area contributed by atoms with Gasteiger partial charge in [-0.3, -0.25) is 19.7 Å². The van der Waals surface area contributed by atoms with E-state index in [1.807, 2.05) is 31.2 Å². The Hall–Kier alpha value is -2.90. The molecule has 0 spiro atoms. The predicted molar refractivity (Wildman–Crippen MR) is 99.0 cm³/mol. The molecule has 0 aromatic heterocycles. The largest absolute Gasteiger partial charge is 0.452 e. The Balaban J connectivity index is 1.90. The number of aryl methyl sites for hydroxylation is 1. The highest BCUT2D eigenvalue weighted by molar-refractivity contribution is 6.00. The van der Waals surface area contributed by atoms with Crippen LogP contribution in [0.4, 0.5) is 10.5 Å². The molecular formula is C19H25N3O5. The van der Waals surface area contributed by atoms with Crippen molar-refractivity contribution in [1.82, 2.24) is 10.6 Å². The van der Waals surface area contributed by atoms with Crippen LogP contribution in [0.25, 0.3) is 0 Å². The average molecular weight is 375 g/mol. The maximum atomic E-state index is 12.3. The van der Waals surface area contributed by atoms with Gasteiger partial charge in [0.05, 0.1) is 5.92 Å². The topological polar surface area (TPSA) is 105 Å². The van der Waals surface area contributed by atoms with E-state index in [4.69, 9.17) is 4.74 Å². The molecule has 1 aliphatic heterocycles. The Labute approximate surface area is 158 Å². The standard InChI is InChI=1S/C19H25N3O5/c1-11(2)20-19(26)21-17(24)13(4)27-18(25)14-9-16(23)22(10-14)15-7-5-12(3)6-8-15/h5-8,11,13-14H,9-10H2,1-4H3,(H2,20,21,24,26)/t13-,14-/m1/s1. The summed E-state index contributed by atoms with van der Waals surface area (Å²) < 4.78 is 5.14. The van der Waals surface area contributed by atoms with Gasteiger partial charge in [-0.25, -0.2) is 4.79 Å². The molecule has 8 heteroatoms. The van der Waals surface area contributed by atoms with Crippen molar-refractivity contribution in [2.24, 2.45) is 5.92 Å². The van der Waals surface area contributed by atoms with Gasteiger partial charge in [-0.15, -0.1) is 0 Å². The molecular weight excluding hydrogens is 350 g/mol. The number of nitrogens with one attached hydrogen (secondary N) is 2. The highest BCUT2D eigenvalue weighted by Crippen LogP contribution is 2.26. The molecule has 0 radical (unpaired) electrons. The van der Waals surface area contributed by atoms with E-state index in [0.29, 0.717) is 0 Å². The highest BCUT2D eigenvalue weighted by atomic mass is 16.5. The van der Waals surface area contributed by atoms with Crippen LogP contribution in [0.5, 0.6) is 0 Å². The van der Waals surface area contributed by atoms with Gasteiger partial charge in [0.1, 0.15) is 0 Å². The lowest BCUT2D eigenvalue weighted by molar-refractivity contribution is -0.158. The van der Waals surface area contributed by atoms with Crippen molar-refractivity contribution in [3.8, 4) is 0 Å². The third-order valence-corrected chi connectivity index (χ3v) is 4.12. The van der Waals surface area contributed by atoms with Gasteiger partial charge in [-0.05, 0) is 39.8 Å². The summed E-state index contributed by atoms with van der Waals surface area (Å²) in [4.78, 5) is 49.6. The van der Waals surface area contributed by atoms with Gasteiger partial charge in [0.15, 0.2) is 6.10 Å². The molecule has 4 amide bonds. The van der Waals surface area contributed by atoms with Gasteiger partial charge in [-0.2, -0.15) is 0 Å². The van der Waals surface area contributed by atoms with Crippen LogP contribution in [0.3, 0.4) is 0 Å². The van der Waals surface area contributed by atoms with Crippen LogP contribution in [0.1, 0.15) is 32.8 Å². The van der Waals surface area contributed by atoms with Crippen molar-refractivity contribution < 1.29 is 23.9 Å². The molecule has 1 aliphatic rings. The summed E-state index contributed by atoms with van der Waals surface area (Å²) >= 11 is 0. The van der Waals surface area contributed by atoms with E-state index in [1.54, 1.807) is 13.8 Å². The molecule has 0 saturated carbocycles. The van der Waals surface area contributed by atoms with Crippen LogP contribution in [0, 0.1) is 12.8 Å². The summed E-state index contributed by atoms with van der Waals surface area (Å²) in [6.45, 7) is 7.03. The fourth-order valence-electron chi connectivity index (χ4n) is 2.68. The fraction of sp³-hybridized carbons (Fsp3) is 0.474. The van der Waals surface area contributed by atoms with Crippen LogP contribution >= 0.6 is 0 Å². The SMILES string of the molecule is Cc1ccc(N2C[C@H](C(=O)O[C@H](C)C(=O)NC(=O)NC(C)C)CC2=O)cc1. The van der Waals surface area contributed by atoms with Crippen LogP contribution < -0.4 is 15.5 Å². The number of anilines is 1. The van der Waals surface area contributed by atoms with Crippen molar-refractivity contribution in [3.05, 3.63) is 29.8 Å². The first-order valence-electron chi connectivity index (χ1n) is 8.86. The fourth-order valence-corrected chi connectivity index (χ4v) is 2.68. The zero-order chi connectivity index (χ0) is 20.1. The van der Waals surface area contributed by atoms with Crippen LogP contribution in [-0.2, 0) is 19.1 Å². The third kappa shape index (κ3) is 5.54. The number of hydrogen-bond acceptors (Lipinski definition) is 5. The van der Waals surface area contributed by atoms with Crippen LogP contribution in [0.2, 0.25) is 0 Å². The molecule has 2 atom stereocenters. The molecule has 1 heterocycles. The molecule has 0 unspecified atom stereocenters. The summed E-state index contributed by atoms with van der Waals surface area (Å²) in [5.41, 5.74) is 1.79. The number of benzene rings is 1. The summed E-state index contributed by atoms with van der Waals surface area (Å²) in [5, 5.41) is 4.62. The number of carbonyl (C=O) groups is 4. The molecule has 2 rings (SSSR count). The number of urea groups is 1. The number of nitrogens with zero attached hydrogens (tertiary/aromatic N) is 1. The molecule has 1 aromatic carbocycles. The molecule has 27 heavy (non-hydrogen) atoms. The number of carbonyl (C=O) groups excluding carboxylic acids is 4. The van der Waals surface area contributed by atoms with E-state index in [9.17, 15) is 19.2 Å². The van der Waals surface area contributed by atoms with E-state index in [1.165, 1.54) is 11.8 Å².